The Balaban J connectivity index is 1.91. The molecule has 0 amide bonds. The minimum atomic E-state index is -0.753. The van der Waals surface area contributed by atoms with Gasteiger partial charge in [0.2, 0.25) is 0 Å². The summed E-state index contributed by atoms with van der Waals surface area (Å²) >= 11 is 0. The summed E-state index contributed by atoms with van der Waals surface area (Å²) in [7, 11) is 0. The highest BCUT2D eigenvalue weighted by atomic mass is 16.6. The zero-order valence-electron chi connectivity index (χ0n) is 13.6. The van der Waals surface area contributed by atoms with Gasteiger partial charge in [-0.3, -0.25) is 9.59 Å². The minimum absolute atomic E-state index is 0.170. The zero-order chi connectivity index (χ0) is 16.9. The number of rotatable bonds is 2. The summed E-state index contributed by atoms with van der Waals surface area (Å²) in [6.45, 7) is 2.84. The fourth-order valence-corrected chi connectivity index (χ4v) is 4.26. The van der Waals surface area contributed by atoms with Gasteiger partial charge >= 0.3 is 11.9 Å². The van der Waals surface area contributed by atoms with Crippen molar-refractivity contribution in [3.05, 3.63) is 70.8 Å². The van der Waals surface area contributed by atoms with E-state index in [1.807, 2.05) is 48.5 Å². The number of fused-ring (bicyclic) bond motifs is 5. The van der Waals surface area contributed by atoms with Gasteiger partial charge in [-0.25, -0.2) is 0 Å². The van der Waals surface area contributed by atoms with Crippen molar-refractivity contribution in [1.82, 2.24) is 0 Å². The Kier molecular flexibility index (Phi) is 3.23. The highest BCUT2D eigenvalue weighted by Gasteiger charge is 2.61. The minimum Gasteiger partial charge on any atom is -0.457 e. The molecule has 4 rings (SSSR count). The first-order valence-corrected chi connectivity index (χ1v) is 8.07. The maximum absolute atomic E-state index is 11.8. The predicted octanol–water partition coefficient (Wildman–Crippen LogP) is 3.40. The Hall–Kier alpha value is -2.62. The summed E-state index contributed by atoms with van der Waals surface area (Å²) in [5.74, 6) is -0.829. The number of benzene rings is 2. The van der Waals surface area contributed by atoms with Gasteiger partial charge in [0.1, 0.15) is 6.10 Å². The van der Waals surface area contributed by atoms with Crippen molar-refractivity contribution in [3.8, 4) is 0 Å². The molecule has 0 bridgehead atoms. The van der Waals surface area contributed by atoms with Gasteiger partial charge in [0.25, 0.3) is 0 Å². The summed E-state index contributed by atoms with van der Waals surface area (Å²) in [5, 5.41) is 0. The normalized spacial score (nSPS) is 26.2. The van der Waals surface area contributed by atoms with Gasteiger partial charge in [0, 0.05) is 25.8 Å². The van der Waals surface area contributed by atoms with E-state index >= 15 is 0 Å². The van der Waals surface area contributed by atoms with Crippen LogP contribution < -0.4 is 0 Å². The lowest BCUT2D eigenvalue weighted by Crippen LogP contribution is -2.54. The van der Waals surface area contributed by atoms with Crippen LogP contribution in [0.1, 0.15) is 48.1 Å². The van der Waals surface area contributed by atoms with E-state index in [0.29, 0.717) is 6.42 Å². The van der Waals surface area contributed by atoms with Gasteiger partial charge in [-0.2, -0.15) is 0 Å². The third-order valence-electron chi connectivity index (χ3n) is 4.99. The number of hydrogen-bond acceptors (Lipinski definition) is 4. The van der Waals surface area contributed by atoms with Gasteiger partial charge in [-0.1, -0.05) is 48.5 Å². The van der Waals surface area contributed by atoms with E-state index in [0.717, 1.165) is 22.3 Å². The number of esters is 2. The highest BCUT2D eigenvalue weighted by Crippen LogP contribution is 2.63. The number of hydrogen-bond donors (Lipinski definition) is 0. The molecule has 4 heteroatoms. The van der Waals surface area contributed by atoms with E-state index in [4.69, 9.17) is 9.47 Å². The average molecular weight is 322 g/mol. The third-order valence-corrected chi connectivity index (χ3v) is 4.99. The second-order valence-electron chi connectivity index (χ2n) is 6.45. The lowest BCUT2D eigenvalue weighted by molar-refractivity contribution is -0.179. The van der Waals surface area contributed by atoms with Crippen LogP contribution in [-0.2, 0) is 31.1 Å². The largest absolute Gasteiger partial charge is 0.457 e. The Morgan fingerprint density at radius 3 is 2.33 bits per heavy atom. The molecule has 4 nitrogen and oxygen atoms in total. The van der Waals surface area contributed by atoms with Crippen molar-refractivity contribution >= 4 is 11.9 Å². The molecule has 2 aromatic carbocycles. The lowest BCUT2D eigenvalue weighted by Gasteiger charge is -2.55. The molecule has 3 atom stereocenters. The maximum atomic E-state index is 11.8. The fraction of sp³-hybridized carbons (Fsp3) is 0.300. The Morgan fingerprint density at radius 2 is 1.62 bits per heavy atom. The van der Waals surface area contributed by atoms with E-state index in [2.05, 4.69) is 0 Å². The van der Waals surface area contributed by atoms with Crippen LogP contribution in [-0.4, -0.2) is 11.9 Å². The molecule has 0 radical (unpaired) electrons. The molecule has 24 heavy (non-hydrogen) atoms. The second-order valence-corrected chi connectivity index (χ2v) is 6.45. The van der Waals surface area contributed by atoms with Gasteiger partial charge in [-0.15, -0.1) is 0 Å². The molecule has 0 aliphatic heterocycles. The van der Waals surface area contributed by atoms with Crippen molar-refractivity contribution in [3.63, 3.8) is 0 Å². The van der Waals surface area contributed by atoms with Crippen LogP contribution in [0.5, 0.6) is 0 Å². The zero-order valence-corrected chi connectivity index (χ0v) is 13.6. The van der Waals surface area contributed by atoms with E-state index in [9.17, 15) is 9.59 Å². The summed E-state index contributed by atoms with van der Waals surface area (Å²) in [4.78, 5) is 23.5. The molecule has 2 aliphatic carbocycles. The van der Waals surface area contributed by atoms with Crippen molar-refractivity contribution in [2.45, 2.75) is 37.9 Å². The van der Waals surface area contributed by atoms with Gasteiger partial charge in [-0.05, 0) is 16.7 Å². The van der Waals surface area contributed by atoms with Crippen molar-refractivity contribution in [2.75, 3.05) is 0 Å². The van der Waals surface area contributed by atoms with E-state index in [-0.39, 0.29) is 17.9 Å². The molecular formula is C20H18O4. The molecule has 2 aromatic rings. The van der Waals surface area contributed by atoms with E-state index < -0.39 is 11.7 Å². The van der Waals surface area contributed by atoms with Gasteiger partial charge < -0.3 is 9.47 Å². The fourth-order valence-electron chi connectivity index (χ4n) is 4.26. The van der Waals surface area contributed by atoms with Crippen molar-refractivity contribution in [2.24, 2.45) is 0 Å². The van der Waals surface area contributed by atoms with Gasteiger partial charge in [0.15, 0.2) is 5.60 Å². The summed E-state index contributed by atoms with van der Waals surface area (Å²) in [6, 6.07) is 15.8. The van der Waals surface area contributed by atoms with Crippen LogP contribution in [0.3, 0.4) is 0 Å². The smallest absolute Gasteiger partial charge is 0.303 e. The maximum Gasteiger partial charge on any atom is 0.303 e. The Morgan fingerprint density at radius 1 is 0.958 bits per heavy atom. The predicted molar refractivity (Wildman–Crippen MR) is 87.3 cm³/mol. The number of carbonyl (C=O) groups excluding carboxylic acids is 2. The molecule has 0 N–H and O–H groups in total. The molecule has 0 aromatic heterocycles. The second kappa shape index (κ2) is 5.20. The van der Waals surface area contributed by atoms with Crippen LogP contribution in [0.25, 0.3) is 0 Å². The van der Waals surface area contributed by atoms with Crippen LogP contribution in [0.2, 0.25) is 0 Å². The van der Waals surface area contributed by atoms with E-state index in [1.165, 1.54) is 13.8 Å². The standard InChI is InChI=1S/C20H18O4/c1-12(21)23-19-15-8-4-3-7-14(15)11-20(24-13(2)22)17-10-6-5-9-16(17)18(19)20/h3-10,18-19H,11H2,1-2H3/t18-,19+,20+/m1/s1. The molecule has 0 spiro atoms. The number of ether oxygens (including phenoxy) is 2. The monoisotopic (exact) mass is 322 g/mol. The summed E-state index contributed by atoms with van der Waals surface area (Å²) < 4.78 is 11.5. The molecule has 0 heterocycles. The van der Waals surface area contributed by atoms with Crippen molar-refractivity contribution < 1.29 is 19.1 Å². The first kappa shape index (κ1) is 14.9. The molecule has 122 valence electrons. The SMILES string of the molecule is CC(=O)O[C@H]1c2ccccc2C[C@]2(OC(C)=O)c3ccccc3[C@H]12. The van der Waals surface area contributed by atoms with Crippen molar-refractivity contribution in [1.29, 1.82) is 0 Å². The van der Waals surface area contributed by atoms with Crippen LogP contribution in [0.4, 0.5) is 0 Å². The quantitative estimate of drug-likeness (QED) is 0.795. The highest BCUT2D eigenvalue weighted by molar-refractivity contribution is 5.70. The van der Waals surface area contributed by atoms with E-state index in [1.54, 1.807) is 0 Å². The van der Waals surface area contributed by atoms with Crippen LogP contribution >= 0.6 is 0 Å². The topological polar surface area (TPSA) is 52.6 Å². The first-order chi connectivity index (χ1) is 11.5. The van der Waals surface area contributed by atoms with Gasteiger partial charge in [0.05, 0.1) is 5.92 Å². The summed E-state index contributed by atoms with van der Waals surface area (Å²) in [6.07, 6.45) is 0.157. The molecule has 2 aliphatic rings. The third kappa shape index (κ3) is 1.99. The lowest BCUT2D eigenvalue weighted by atomic mass is 9.55. The van der Waals surface area contributed by atoms with Crippen LogP contribution in [0.15, 0.2) is 48.5 Å². The van der Waals surface area contributed by atoms with Crippen LogP contribution in [0, 0.1) is 0 Å². The Bertz CT molecular complexity index is 810. The Labute approximate surface area is 140 Å². The molecule has 0 unspecified atom stereocenters. The molecular weight excluding hydrogens is 304 g/mol. The molecule has 0 fully saturated rings. The first-order valence-electron chi connectivity index (χ1n) is 8.07. The molecule has 0 saturated heterocycles. The number of carbonyl (C=O) groups is 2. The molecule has 0 saturated carbocycles. The average Bonchev–Trinajstić information content (AvgIpc) is 2.53. The summed E-state index contributed by atoms with van der Waals surface area (Å²) in [5.41, 5.74) is 3.39.